The molecule has 11 atom stereocenters. The van der Waals surface area contributed by atoms with E-state index >= 15 is 0 Å². The molecule has 16 nitrogen and oxygen atoms in total. The summed E-state index contributed by atoms with van der Waals surface area (Å²) in [6.45, 7) is 32.0. The van der Waals surface area contributed by atoms with Gasteiger partial charge in [-0.25, -0.2) is 0 Å². The van der Waals surface area contributed by atoms with Crippen LogP contribution in [0, 0.1) is 50.7 Å². The molecular weight excluding hydrogens is 1740 g/mol. The van der Waals surface area contributed by atoms with Crippen LogP contribution >= 0.6 is 0 Å². The van der Waals surface area contributed by atoms with Crippen LogP contribution in [0.2, 0.25) is 0 Å². The van der Waals surface area contributed by atoms with Crippen LogP contribution in [0.1, 0.15) is 277 Å². The highest BCUT2D eigenvalue weighted by atomic mass is 19.4. The summed E-state index contributed by atoms with van der Waals surface area (Å²) >= 11 is 0. The van der Waals surface area contributed by atoms with Crippen LogP contribution in [-0.2, 0) is 69.0 Å². The first-order chi connectivity index (χ1) is 56.6. The van der Waals surface area contributed by atoms with Gasteiger partial charge in [0.2, 0.25) is 0 Å². The Morgan fingerprint density at radius 2 is 0.873 bits per heavy atom. The van der Waals surface area contributed by atoms with Gasteiger partial charge in [0.1, 0.15) is 17.3 Å². The summed E-state index contributed by atoms with van der Waals surface area (Å²) in [7, 11) is 0. The molecule has 5 fully saturated rings. The maximum atomic E-state index is 13.3. The Hall–Kier alpha value is -6.13. The fourth-order valence-corrected chi connectivity index (χ4v) is 14.8. The third-order valence-corrected chi connectivity index (χ3v) is 25.9. The van der Waals surface area contributed by atoms with Crippen molar-refractivity contribution in [2.24, 2.45) is 50.7 Å². The van der Waals surface area contributed by atoms with Crippen molar-refractivity contribution < 1.29 is 183 Å². The Labute approximate surface area is 719 Å². The maximum Gasteiger partial charge on any atom is 0.426 e. The Morgan fingerprint density at radius 1 is 0.452 bits per heavy atom. The highest BCUT2D eigenvalue weighted by Gasteiger charge is 2.77. The minimum atomic E-state index is -6.00. The smallest absolute Gasteiger partial charge is 0.426 e. The molecule has 7 rings (SSSR count). The number of carbonyl (C=O) groups excluding carboxylic acids is 5. The quantitative estimate of drug-likeness (QED) is 0.0242. The van der Waals surface area contributed by atoms with E-state index < -0.39 is 190 Å². The van der Waals surface area contributed by atoms with E-state index in [9.17, 15) is 155 Å². The van der Waals surface area contributed by atoms with E-state index in [-0.39, 0.29) is 85.8 Å². The standard InChI is InChI=1S/2C17H24F6O3.C17H18F6O3.C14H19F3O.C13H23F3O4.C8H16O2/c1-4-14(2,3)13(24)26-12-7-9-5-10(12)6-11(9)8-15(25,16(18,19)20)17(21,22)23;2*1-3-13(2)9-14(26-12(13)24,11-7-5-4-6-8-11)10-15(25,16(18,19)20)17(21,22)23;1-5-12(2,3)10-6-8-11(9-7-10)13(4,18)14(15,16)17;1-5-11(3,10(17)20-6-2)9-19-8-7-12(4,18)13(14,15)16;1-5-8(3,4)7(9)10-6-2/h9-12,25H,4-8H2,1-3H3;11,25H,3-10H2,1-2H3;4-8,25H,3,9-10H2,1-2H3;6-9,18H,5H2,1-4H3;18H,5-9H2,1-4H3;5-6H2,1-4H3. The molecule has 0 aromatic heterocycles. The Bertz CT molecular complexity index is 3740. The molecule has 0 spiro atoms. The van der Waals surface area contributed by atoms with E-state index in [0.29, 0.717) is 58.5 Å². The van der Waals surface area contributed by atoms with Gasteiger partial charge in [-0.3, -0.25) is 24.0 Å². The number of esters is 5. The van der Waals surface area contributed by atoms with Gasteiger partial charge in [-0.15, -0.1) is 0 Å². The lowest BCUT2D eigenvalue weighted by molar-refractivity contribution is -0.379. The molecule has 2 saturated heterocycles. The number of carbonyl (C=O) groups is 5. The summed E-state index contributed by atoms with van der Waals surface area (Å²) in [5, 5.41) is 47.6. The van der Waals surface area contributed by atoms with E-state index in [1.165, 1.54) is 56.3 Å². The van der Waals surface area contributed by atoms with Gasteiger partial charge in [0.15, 0.2) is 11.2 Å². The fraction of sp³-hybridized carbons (Fsp3) is 0.802. The van der Waals surface area contributed by atoms with Gasteiger partial charge in [-0.05, 0) is 199 Å². The summed E-state index contributed by atoms with van der Waals surface area (Å²) in [5.41, 5.74) is -28.0. The molecule has 5 aliphatic rings. The SMILES string of the molecule is CCC(C)(C)C(=O)OC1CC2CC1CC2CC(O)(C(F)(F)F)C(F)(F)F.CCC(C)(C)c1ccc(C(C)(O)C(F)(F)F)cc1.CCC1(C)CC(CC(O)(C(F)(F)F)C(F)(F)F)(C2CCCCC2)OC1=O.CCC1(C)CC(CC(O)(C(F)(F)F)C(F)(F)F)(c2ccccc2)OC1=O.CCOC(=O)C(C)(C)CC.CCOC(=O)C(C)(CC)COCCC(C)(O)C(F)(F)F. The molecule has 126 heavy (non-hydrogen) atoms. The van der Waals surface area contributed by atoms with Gasteiger partial charge in [0.05, 0.1) is 46.9 Å². The normalized spacial score (nSPS) is 24.6. The van der Waals surface area contributed by atoms with E-state index in [0.717, 1.165) is 31.7 Å². The molecule has 11 unspecified atom stereocenters. The van der Waals surface area contributed by atoms with Gasteiger partial charge < -0.3 is 54.0 Å². The second kappa shape index (κ2) is 42.2. The predicted octanol–water partition coefficient (Wildman–Crippen LogP) is 22.8. The molecule has 0 radical (unpaired) electrons. The average molecular weight is 1870 g/mol. The number of hydrogen-bond acceptors (Lipinski definition) is 16. The van der Waals surface area contributed by atoms with Gasteiger partial charge in [0, 0.05) is 38.7 Å². The van der Waals surface area contributed by atoms with Crippen molar-refractivity contribution in [3.8, 4) is 0 Å². The van der Waals surface area contributed by atoms with Gasteiger partial charge in [-0.1, -0.05) is 129 Å². The summed E-state index contributed by atoms with van der Waals surface area (Å²) < 4.78 is 342. The number of aliphatic hydroxyl groups is 5. The molecule has 732 valence electrons. The average Bonchev–Trinajstić information content (AvgIpc) is 1.53. The molecule has 2 heterocycles. The van der Waals surface area contributed by atoms with Crippen LogP contribution in [0.4, 0.5) is 105 Å². The molecule has 40 heteroatoms. The third kappa shape index (κ3) is 27.5. The van der Waals surface area contributed by atoms with Crippen molar-refractivity contribution in [2.45, 2.75) is 360 Å². The zero-order chi connectivity index (χ0) is 98.6. The lowest BCUT2D eigenvalue weighted by Gasteiger charge is -2.44. The first kappa shape index (κ1) is 116. The van der Waals surface area contributed by atoms with E-state index in [1.807, 2.05) is 55.4 Å². The van der Waals surface area contributed by atoms with Crippen LogP contribution < -0.4 is 0 Å². The van der Waals surface area contributed by atoms with Crippen molar-refractivity contribution in [1.82, 2.24) is 0 Å². The number of ether oxygens (including phenoxy) is 6. The highest BCUT2D eigenvalue weighted by Crippen LogP contribution is 2.61. The summed E-state index contributed by atoms with van der Waals surface area (Å²) in [6.07, 6.45) is -44.8. The first-order valence-corrected chi connectivity index (χ1v) is 41.5. The van der Waals surface area contributed by atoms with Crippen molar-refractivity contribution >= 4 is 29.8 Å². The number of hydrogen-bond donors (Lipinski definition) is 5. The highest BCUT2D eigenvalue weighted by molar-refractivity contribution is 5.80. The molecule has 2 bridgehead atoms. The zero-order valence-electron chi connectivity index (χ0n) is 74.4. The zero-order valence-corrected chi connectivity index (χ0v) is 74.4. The minimum Gasteiger partial charge on any atom is -0.466 e. The summed E-state index contributed by atoms with van der Waals surface area (Å²) in [6, 6.07) is 12.9. The van der Waals surface area contributed by atoms with Crippen LogP contribution in [0.25, 0.3) is 0 Å². The van der Waals surface area contributed by atoms with Crippen LogP contribution in [0.15, 0.2) is 54.6 Å². The first-order valence-electron chi connectivity index (χ1n) is 41.5. The van der Waals surface area contributed by atoms with Crippen LogP contribution in [0.5, 0.6) is 0 Å². The summed E-state index contributed by atoms with van der Waals surface area (Å²) in [5.74, 6) is -4.84. The van der Waals surface area contributed by atoms with Crippen molar-refractivity contribution in [1.29, 1.82) is 0 Å². The van der Waals surface area contributed by atoms with Gasteiger partial charge in [0.25, 0.3) is 16.8 Å². The second-order valence-corrected chi connectivity index (χ2v) is 36.6. The molecular formula is C86H124F24O16. The van der Waals surface area contributed by atoms with Crippen molar-refractivity contribution in [2.75, 3.05) is 26.4 Å². The van der Waals surface area contributed by atoms with E-state index in [4.69, 9.17) is 28.4 Å². The number of cyclic esters (lactones) is 2. The lowest BCUT2D eigenvalue weighted by Crippen LogP contribution is -2.62. The van der Waals surface area contributed by atoms with Crippen LogP contribution in [0.3, 0.4) is 0 Å². The molecule has 2 aromatic carbocycles. The molecule has 2 aromatic rings. The summed E-state index contributed by atoms with van der Waals surface area (Å²) in [4.78, 5) is 59.5. The number of fused-ring (bicyclic) bond motifs is 2. The fourth-order valence-electron chi connectivity index (χ4n) is 14.8. The second-order valence-electron chi connectivity index (χ2n) is 36.6. The molecule has 3 aliphatic carbocycles. The molecule has 5 N–H and O–H groups in total. The number of rotatable bonds is 27. The Balaban J connectivity index is 0.000000522. The Morgan fingerprint density at radius 3 is 1.25 bits per heavy atom. The van der Waals surface area contributed by atoms with Gasteiger partial charge in [-0.2, -0.15) is 105 Å². The Kier molecular flexibility index (Phi) is 38.8. The van der Waals surface area contributed by atoms with E-state index in [1.54, 1.807) is 60.6 Å². The maximum absolute atomic E-state index is 13.3. The third-order valence-electron chi connectivity index (χ3n) is 25.9. The predicted molar refractivity (Wildman–Crippen MR) is 412 cm³/mol. The number of alkyl halides is 24. The lowest BCUT2D eigenvalue weighted by atomic mass is 9.66. The molecule has 2 aliphatic heterocycles. The van der Waals surface area contributed by atoms with Crippen LogP contribution in [-0.4, -0.2) is 165 Å². The van der Waals surface area contributed by atoms with E-state index in [2.05, 4.69) is 0 Å². The monoisotopic (exact) mass is 1870 g/mol. The molecule has 3 saturated carbocycles. The number of benzene rings is 2. The van der Waals surface area contributed by atoms with Crippen molar-refractivity contribution in [3.63, 3.8) is 0 Å². The largest absolute Gasteiger partial charge is 0.466 e. The van der Waals surface area contributed by atoms with Gasteiger partial charge >= 0.3 is 79.3 Å². The molecule has 0 amide bonds. The van der Waals surface area contributed by atoms with Crippen molar-refractivity contribution in [3.05, 3.63) is 71.3 Å². The topological polar surface area (TPSA) is 242 Å². The minimum absolute atomic E-state index is 0.0301. The number of halogens is 24.